The summed E-state index contributed by atoms with van der Waals surface area (Å²) in [4.78, 5) is 11.9. The van der Waals surface area contributed by atoms with Crippen LogP contribution in [0.5, 0.6) is 0 Å². The maximum Gasteiger partial charge on any atom is 0.141 e. The average molecular weight is 334 g/mol. The molecule has 1 aromatic carbocycles. The number of H-pyrrole nitrogens is 1. The van der Waals surface area contributed by atoms with Crippen LogP contribution >= 0.6 is 0 Å². The number of hydrogen-bond donors (Lipinski definition) is 1. The van der Waals surface area contributed by atoms with Crippen molar-refractivity contribution < 1.29 is 4.74 Å². The molecule has 0 saturated carbocycles. The van der Waals surface area contributed by atoms with E-state index in [4.69, 9.17) is 4.74 Å². The van der Waals surface area contributed by atoms with Crippen molar-refractivity contribution in [3.05, 3.63) is 48.4 Å². The number of aryl methyl sites for hydroxylation is 1. The Morgan fingerprint density at radius 2 is 1.92 bits per heavy atom. The number of aromatic amines is 1. The molecule has 3 aromatic heterocycles. The molecule has 3 heterocycles. The van der Waals surface area contributed by atoms with Gasteiger partial charge in [0.15, 0.2) is 0 Å². The lowest BCUT2D eigenvalue weighted by Gasteiger charge is -2.08. The zero-order valence-electron chi connectivity index (χ0n) is 14.1. The van der Waals surface area contributed by atoms with E-state index < -0.39 is 0 Å². The van der Waals surface area contributed by atoms with Gasteiger partial charge in [-0.15, -0.1) is 5.10 Å². The summed E-state index contributed by atoms with van der Waals surface area (Å²) in [6, 6.07) is 10.2. The van der Waals surface area contributed by atoms with Gasteiger partial charge in [-0.2, -0.15) is 0 Å². The maximum atomic E-state index is 5.21. The summed E-state index contributed by atoms with van der Waals surface area (Å²) < 4.78 is 7.05. The van der Waals surface area contributed by atoms with E-state index in [-0.39, 0.29) is 0 Å². The lowest BCUT2D eigenvalue weighted by Crippen LogP contribution is -2.08. The first-order valence-corrected chi connectivity index (χ1v) is 8.06. The SMILES string of the molecule is COCCn1nnc(-c2ccc(C)cc2)c1-c1ncnc2[nH]ccc12. The second-order valence-electron chi connectivity index (χ2n) is 5.83. The zero-order chi connectivity index (χ0) is 17.2. The Hall–Kier alpha value is -3.06. The molecule has 0 bridgehead atoms. The number of fused-ring (bicyclic) bond motifs is 1. The van der Waals surface area contributed by atoms with E-state index in [1.165, 1.54) is 5.56 Å². The minimum Gasteiger partial charge on any atom is -0.383 e. The van der Waals surface area contributed by atoms with Crippen LogP contribution in [0.2, 0.25) is 0 Å². The largest absolute Gasteiger partial charge is 0.383 e. The zero-order valence-corrected chi connectivity index (χ0v) is 14.1. The summed E-state index contributed by atoms with van der Waals surface area (Å²) in [5.41, 5.74) is 5.48. The second-order valence-corrected chi connectivity index (χ2v) is 5.83. The number of aromatic nitrogens is 6. The lowest BCUT2D eigenvalue weighted by molar-refractivity contribution is 0.183. The number of nitrogens with zero attached hydrogens (tertiary/aromatic N) is 5. The number of rotatable bonds is 5. The molecule has 0 atom stereocenters. The quantitative estimate of drug-likeness (QED) is 0.607. The minimum atomic E-state index is 0.547. The van der Waals surface area contributed by atoms with Crippen molar-refractivity contribution in [1.82, 2.24) is 29.9 Å². The third-order valence-electron chi connectivity index (χ3n) is 4.15. The topological polar surface area (TPSA) is 81.5 Å². The van der Waals surface area contributed by atoms with Gasteiger partial charge in [0.05, 0.1) is 13.2 Å². The molecule has 0 unspecified atom stereocenters. The Balaban J connectivity index is 1.93. The molecule has 126 valence electrons. The predicted molar refractivity (Wildman–Crippen MR) is 95.0 cm³/mol. The fraction of sp³-hybridized carbons (Fsp3) is 0.222. The van der Waals surface area contributed by atoms with Crippen LogP contribution in [0.15, 0.2) is 42.9 Å². The van der Waals surface area contributed by atoms with Crippen molar-refractivity contribution in [1.29, 1.82) is 0 Å². The van der Waals surface area contributed by atoms with Gasteiger partial charge in [0.2, 0.25) is 0 Å². The van der Waals surface area contributed by atoms with Gasteiger partial charge < -0.3 is 9.72 Å². The van der Waals surface area contributed by atoms with Crippen molar-refractivity contribution >= 4 is 11.0 Å². The van der Waals surface area contributed by atoms with Gasteiger partial charge in [0.25, 0.3) is 0 Å². The molecular formula is C18H18N6O. The van der Waals surface area contributed by atoms with Gasteiger partial charge >= 0.3 is 0 Å². The number of methoxy groups -OCH3 is 1. The van der Waals surface area contributed by atoms with Crippen LogP contribution in [0.25, 0.3) is 33.7 Å². The highest BCUT2D eigenvalue weighted by atomic mass is 16.5. The molecule has 4 aromatic rings. The Bertz CT molecular complexity index is 1000. The summed E-state index contributed by atoms with van der Waals surface area (Å²) in [7, 11) is 1.67. The fourth-order valence-electron chi connectivity index (χ4n) is 2.85. The smallest absolute Gasteiger partial charge is 0.141 e. The van der Waals surface area contributed by atoms with E-state index >= 15 is 0 Å². The van der Waals surface area contributed by atoms with Crippen LogP contribution in [0, 0.1) is 6.92 Å². The van der Waals surface area contributed by atoms with E-state index in [0.717, 1.165) is 33.7 Å². The molecule has 25 heavy (non-hydrogen) atoms. The van der Waals surface area contributed by atoms with Crippen molar-refractivity contribution in [3.63, 3.8) is 0 Å². The van der Waals surface area contributed by atoms with Crippen LogP contribution in [0.3, 0.4) is 0 Å². The first-order chi connectivity index (χ1) is 12.3. The summed E-state index contributed by atoms with van der Waals surface area (Å²) >= 11 is 0. The van der Waals surface area contributed by atoms with E-state index in [2.05, 4.69) is 56.5 Å². The first kappa shape index (κ1) is 15.5. The van der Waals surface area contributed by atoms with Crippen LogP contribution in [-0.2, 0) is 11.3 Å². The summed E-state index contributed by atoms with van der Waals surface area (Å²) in [6.45, 7) is 3.21. The Morgan fingerprint density at radius 3 is 2.72 bits per heavy atom. The third-order valence-corrected chi connectivity index (χ3v) is 4.15. The van der Waals surface area contributed by atoms with Gasteiger partial charge in [0.1, 0.15) is 29.1 Å². The van der Waals surface area contributed by atoms with Gasteiger partial charge in [-0.3, -0.25) is 0 Å². The maximum absolute atomic E-state index is 5.21. The van der Waals surface area contributed by atoms with Gasteiger partial charge in [-0.25, -0.2) is 14.6 Å². The lowest BCUT2D eigenvalue weighted by atomic mass is 10.1. The van der Waals surface area contributed by atoms with E-state index in [9.17, 15) is 0 Å². The highest BCUT2D eigenvalue weighted by Crippen LogP contribution is 2.32. The molecule has 7 heteroatoms. The standard InChI is InChI=1S/C18H18N6O/c1-12-3-5-13(6-4-12)15-17(24(23-22-15)9-10-25-2)16-14-7-8-19-18(14)21-11-20-16/h3-8,11H,9-10H2,1-2H3,(H,19,20,21). The third kappa shape index (κ3) is 2.78. The molecule has 4 rings (SSSR count). The molecule has 0 aliphatic rings. The number of benzene rings is 1. The Morgan fingerprint density at radius 1 is 1.08 bits per heavy atom. The number of nitrogens with one attached hydrogen (secondary N) is 1. The normalized spacial score (nSPS) is 11.3. The molecule has 0 radical (unpaired) electrons. The number of ether oxygens (including phenoxy) is 1. The Kier molecular flexibility index (Phi) is 3.99. The molecule has 0 aliphatic heterocycles. The van der Waals surface area contributed by atoms with Crippen molar-refractivity contribution in [2.24, 2.45) is 0 Å². The van der Waals surface area contributed by atoms with Crippen LogP contribution in [0.4, 0.5) is 0 Å². The highest BCUT2D eigenvalue weighted by Gasteiger charge is 2.20. The van der Waals surface area contributed by atoms with E-state index in [1.807, 2.05) is 16.9 Å². The highest BCUT2D eigenvalue weighted by molar-refractivity contribution is 5.93. The van der Waals surface area contributed by atoms with Gasteiger partial charge in [-0.1, -0.05) is 35.0 Å². The van der Waals surface area contributed by atoms with Gasteiger partial charge in [-0.05, 0) is 13.0 Å². The van der Waals surface area contributed by atoms with Crippen LogP contribution < -0.4 is 0 Å². The molecule has 0 spiro atoms. The molecule has 0 saturated heterocycles. The predicted octanol–water partition coefficient (Wildman–Crippen LogP) is 2.84. The Labute approximate surface area is 144 Å². The average Bonchev–Trinajstić information content (AvgIpc) is 3.27. The minimum absolute atomic E-state index is 0.547. The molecular weight excluding hydrogens is 316 g/mol. The molecule has 0 amide bonds. The first-order valence-electron chi connectivity index (χ1n) is 8.06. The second kappa shape index (κ2) is 6.45. The fourth-order valence-corrected chi connectivity index (χ4v) is 2.85. The van der Waals surface area contributed by atoms with Crippen molar-refractivity contribution in [2.45, 2.75) is 13.5 Å². The van der Waals surface area contributed by atoms with Crippen LogP contribution in [-0.4, -0.2) is 43.7 Å². The molecule has 0 aliphatic carbocycles. The van der Waals surface area contributed by atoms with Crippen molar-refractivity contribution in [2.75, 3.05) is 13.7 Å². The van der Waals surface area contributed by atoms with Crippen LogP contribution in [0.1, 0.15) is 5.56 Å². The molecule has 7 nitrogen and oxygen atoms in total. The summed E-state index contributed by atoms with van der Waals surface area (Å²) in [5.74, 6) is 0. The summed E-state index contributed by atoms with van der Waals surface area (Å²) in [5, 5.41) is 9.70. The van der Waals surface area contributed by atoms with Crippen molar-refractivity contribution in [3.8, 4) is 22.6 Å². The monoisotopic (exact) mass is 334 g/mol. The summed E-state index contributed by atoms with van der Waals surface area (Å²) in [6.07, 6.45) is 3.42. The van der Waals surface area contributed by atoms with Gasteiger partial charge in [0, 0.05) is 24.3 Å². The number of hydrogen-bond acceptors (Lipinski definition) is 5. The van der Waals surface area contributed by atoms with E-state index in [1.54, 1.807) is 13.4 Å². The molecule has 0 fully saturated rings. The molecule has 1 N–H and O–H groups in total. The van der Waals surface area contributed by atoms with E-state index in [0.29, 0.717) is 13.2 Å².